The molecular weight excluding hydrogens is 243 g/mol. The molecule has 0 N–H and O–H groups in total. The normalized spacial score (nSPS) is 28.9. The summed E-state index contributed by atoms with van der Waals surface area (Å²) in [6, 6.07) is 0. The van der Waals surface area contributed by atoms with Gasteiger partial charge < -0.3 is 4.52 Å². The van der Waals surface area contributed by atoms with Gasteiger partial charge in [0.15, 0.2) is 0 Å². The van der Waals surface area contributed by atoms with Crippen molar-refractivity contribution in [2.24, 2.45) is 0 Å². The van der Waals surface area contributed by atoms with E-state index in [1.165, 1.54) is 0 Å². The van der Waals surface area contributed by atoms with E-state index in [0.29, 0.717) is 5.25 Å². The maximum Gasteiger partial charge on any atom is 0.356 e. The van der Waals surface area contributed by atoms with Gasteiger partial charge in [-0.1, -0.05) is 13.8 Å². The molecule has 0 saturated heterocycles. The fourth-order valence-electron chi connectivity index (χ4n) is 1.46. The second kappa shape index (κ2) is 4.85. The lowest BCUT2D eigenvalue weighted by Crippen LogP contribution is -2.20. The van der Waals surface area contributed by atoms with Crippen LogP contribution in [0.5, 0.6) is 0 Å². The Morgan fingerprint density at radius 1 is 1.38 bits per heavy atom. The van der Waals surface area contributed by atoms with Crippen LogP contribution in [0.4, 0.5) is 0 Å². The minimum Gasteiger partial charge on any atom is -0.303 e. The first-order valence-corrected chi connectivity index (χ1v) is 8.03. The molecule has 0 aromatic carbocycles. The lowest BCUT2D eigenvalue weighted by molar-refractivity contribution is 0.115. The molecule has 16 heavy (non-hydrogen) atoms. The highest BCUT2D eigenvalue weighted by Crippen LogP contribution is 2.63. The highest BCUT2D eigenvalue weighted by Gasteiger charge is 2.43. The topological polar surface area (TPSA) is 35.5 Å². The summed E-state index contributed by atoms with van der Waals surface area (Å²) in [6.45, 7) is 11.8. The Balaban J connectivity index is 2.89. The minimum atomic E-state index is -3.04. The molecule has 0 aromatic rings. The molecule has 5 heteroatoms. The lowest BCUT2D eigenvalue weighted by Gasteiger charge is -2.24. The summed E-state index contributed by atoms with van der Waals surface area (Å²) in [5.74, 6) is 1.68. The standard InChI is InChI=1S/C11H21O3PS/c1-8(2)13-15(12)7-10(16-9(3)4)11(5,6)14-15/h7-9H,1-6H3. The lowest BCUT2D eigenvalue weighted by atomic mass is 10.1. The van der Waals surface area contributed by atoms with E-state index < -0.39 is 13.2 Å². The van der Waals surface area contributed by atoms with Crippen molar-refractivity contribution in [1.82, 2.24) is 0 Å². The third-order valence-corrected chi connectivity index (χ3v) is 5.45. The molecule has 1 atom stereocenters. The van der Waals surface area contributed by atoms with Crippen LogP contribution in [0.1, 0.15) is 41.5 Å². The summed E-state index contributed by atoms with van der Waals surface area (Å²) in [5, 5.41) is 0.444. The Morgan fingerprint density at radius 2 is 1.94 bits per heavy atom. The average Bonchev–Trinajstić information content (AvgIpc) is 2.17. The van der Waals surface area contributed by atoms with Crippen LogP contribution in [-0.2, 0) is 13.6 Å². The summed E-state index contributed by atoms with van der Waals surface area (Å²) >= 11 is 1.68. The molecule has 0 bridgehead atoms. The molecule has 0 aliphatic carbocycles. The van der Waals surface area contributed by atoms with Gasteiger partial charge >= 0.3 is 7.60 Å². The summed E-state index contributed by atoms with van der Waals surface area (Å²) in [4.78, 5) is 1.01. The Kier molecular flexibility index (Phi) is 4.34. The van der Waals surface area contributed by atoms with Crippen molar-refractivity contribution in [1.29, 1.82) is 0 Å². The Hall–Kier alpha value is 0.240. The molecule has 1 aliphatic heterocycles. The quantitative estimate of drug-likeness (QED) is 0.705. The molecule has 0 radical (unpaired) electrons. The zero-order chi connectivity index (χ0) is 12.6. The van der Waals surface area contributed by atoms with Gasteiger partial charge in [-0.2, -0.15) is 0 Å². The fourth-order valence-corrected chi connectivity index (χ4v) is 5.06. The van der Waals surface area contributed by atoms with Crippen LogP contribution in [0.25, 0.3) is 0 Å². The molecule has 0 fully saturated rings. The van der Waals surface area contributed by atoms with Gasteiger partial charge in [0.25, 0.3) is 0 Å². The molecule has 0 spiro atoms. The third-order valence-electron chi connectivity index (χ3n) is 1.94. The predicted octanol–water partition coefficient (Wildman–Crippen LogP) is 4.40. The zero-order valence-corrected chi connectivity index (χ0v) is 12.5. The van der Waals surface area contributed by atoms with Crippen LogP contribution in [0.15, 0.2) is 10.7 Å². The van der Waals surface area contributed by atoms with E-state index in [1.54, 1.807) is 17.6 Å². The van der Waals surface area contributed by atoms with Crippen molar-refractivity contribution in [3.05, 3.63) is 10.7 Å². The number of hydrogen-bond acceptors (Lipinski definition) is 4. The summed E-state index contributed by atoms with van der Waals surface area (Å²) in [6.07, 6.45) is -0.0960. The fraction of sp³-hybridized carbons (Fsp3) is 0.818. The summed E-state index contributed by atoms with van der Waals surface area (Å²) in [7, 11) is -3.04. The third kappa shape index (κ3) is 3.63. The molecular formula is C11H21O3PS. The zero-order valence-electron chi connectivity index (χ0n) is 10.8. The molecule has 1 aliphatic rings. The first-order chi connectivity index (χ1) is 7.15. The van der Waals surface area contributed by atoms with Crippen LogP contribution >= 0.6 is 19.4 Å². The van der Waals surface area contributed by atoms with E-state index in [-0.39, 0.29) is 6.10 Å². The molecule has 1 heterocycles. The molecule has 0 amide bonds. The predicted molar refractivity (Wildman–Crippen MR) is 69.8 cm³/mol. The van der Waals surface area contributed by atoms with E-state index in [1.807, 2.05) is 27.7 Å². The van der Waals surface area contributed by atoms with Crippen LogP contribution < -0.4 is 0 Å². The van der Waals surface area contributed by atoms with Crippen molar-refractivity contribution in [3.63, 3.8) is 0 Å². The Labute approximate surface area is 103 Å². The second-order valence-electron chi connectivity index (χ2n) is 4.96. The van der Waals surface area contributed by atoms with E-state index in [9.17, 15) is 4.57 Å². The van der Waals surface area contributed by atoms with E-state index in [4.69, 9.17) is 9.05 Å². The molecule has 0 saturated carbocycles. The number of thioether (sulfide) groups is 1. The van der Waals surface area contributed by atoms with Gasteiger partial charge in [0.05, 0.1) is 6.10 Å². The average molecular weight is 264 g/mol. The van der Waals surface area contributed by atoms with Gasteiger partial charge in [-0.05, 0) is 27.7 Å². The van der Waals surface area contributed by atoms with E-state index >= 15 is 0 Å². The molecule has 1 rings (SSSR count). The number of rotatable bonds is 4. The SMILES string of the molecule is CC(C)OP1(=O)C=C(SC(C)C)C(C)(C)O1. The van der Waals surface area contributed by atoms with Gasteiger partial charge in [0.2, 0.25) is 0 Å². The van der Waals surface area contributed by atoms with Gasteiger partial charge in [0, 0.05) is 16.0 Å². The van der Waals surface area contributed by atoms with Crippen molar-refractivity contribution in [3.8, 4) is 0 Å². The van der Waals surface area contributed by atoms with Gasteiger partial charge in [-0.15, -0.1) is 11.8 Å². The largest absolute Gasteiger partial charge is 0.356 e. The molecule has 1 unspecified atom stereocenters. The van der Waals surface area contributed by atoms with Crippen LogP contribution in [0.3, 0.4) is 0 Å². The smallest absolute Gasteiger partial charge is 0.303 e. The van der Waals surface area contributed by atoms with Gasteiger partial charge in [0.1, 0.15) is 5.60 Å². The van der Waals surface area contributed by atoms with Crippen LogP contribution in [-0.4, -0.2) is 17.0 Å². The highest BCUT2D eigenvalue weighted by molar-refractivity contribution is 8.04. The van der Waals surface area contributed by atoms with Crippen molar-refractivity contribution in [2.75, 3.05) is 0 Å². The maximum absolute atomic E-state index is 12.3. The summed E-state index contributed by atoms with van der Waals surface area (Å²) in [5.41, 5.74) is -0.501. The van der Waals surface area contributed by atoms with Gasteiger partial charge in [-0.3, -0.25) is 9.09 Å². The van der Waals surface area contributed by atoms with Crippen molar-refractivity contribution in [2.45, 2.75) is 58.5 Å². The molecule has 94 valence electrons. The molecule has 0 aromatic heterocycles. The monoisotopic (exact) mass is 264 g/mol. The van der Waals surface area contributed by atoms with Crippen molar-refractivity contribution >= 4 is 19.4 Å². The van der Waals surface area contributed by atoms with E-state index in [0.717, 1.165) is 4.91 Å². The first-order valence-electron chi connectivity index (χ1n) is 5.53. The summed E-state index contributed by atoms with van der Waals surface area (Å²) < 4.78 is 23.3. The maximum atomic E-state index is 12.3. The second-order valence-corrected chi connectivity index (χ2v) is 8.31. The minimum absolute atomic E-state index is 0.0960. The van der Waals surface area contributed by atoms with Crippen LogP contribution in [0.2, 0.25) is 0 Å². The first kappa shape index (κ1) is 14.3. The Morgan fingerprint density at radius 3 is 2.38 bits per heavy atom. The van der Waals surface area contributed by atoms with Crippen molar-refractivity contribution < 1.29 is 13.6 Å². The van der Waals surface area contributed by atoms with Crippen LogP contribution in [0, 0.1) is 0 Å². The highest BCUT2D eigenvalue weighted by atomic mass is 32.2. The molecule has 3 nitrogen and oxygen atoms in total. The van der Waals surface area contributed by atoms with Gasteiger partial charge in [-0.25, -0.2) is 0 Å². The Bertz CT molecular complexity index is 334. The van der Waals surface area contributed by atoms with E-state index in [2.05, 4.69) is 13.8 Å². The number of hydrogen-bond donors (Lipinski definition) is 0.